The van der Waals surface area contributed by atoms with E-state index in [1.165, 1.54) is 0 Å². The molecule has 0 aliphatic rings. The Bertz CT molecular complexity index is 598. The van der Waals surface area contributed by atoms with Gasteiger partial charge < -0.3 is 14.4 Å². The number of aryl methyl sites for hydroxylation is 1. The molecule has 0 radical (unpaired) electrons. The first-order valence-corrected chi connectivity index (χ1v) is 6.12. The second kappa shape index (κ2) is 6.13. The summed E-state index contributed by atoms with van der Waals surface area (Å²) in [5, 5.41) is 13.0. The first kappa shape index (κ1) is 15.3. The summed E-state index contributed by atoms with van der Waals surface area (Å²) in [4.78, 5) is 4.03. The Labute approximate surface area is 118 Å². The van der Waals surface area contributed by atoms with Gasteiger partial charge in [-0.15, -0.1) is 0 Å². The van der Waals surface area contributed by atoms with Crippen molar-refractivity contribution in [2.24, 2.45) is 0 Å². The van der Waals surface area contributed by atoms with Gasteiger partial charge in [-0.25, -0.2) is 0 Å². The van der Waals surface area contributed by atoms with Crippen molar-refractivity contribution < 1.29 is 27.5 Å². The number of alkyl halides is 3. The van der Waals surface area contributed by atoms with Crippen molar-refractivity contribution in [1.82, 2.24) is 10.1 Å². The van der Waals surface area contributed by atoms with Gasteiger partial charge in [0.05, 0.1) is 12.5 Å². The average molecular weight is 302 g/mol. The molecule has 0 bridgehead atoms. The van der Waals surface area contributed by atoms with Crippen LogP contribution in [0.5, 0.6) is 5.75 Å². The maximum absolute atomic E-state index is 12.1. The second-order valence-corrected chi connectivity index (χ2v) is 4.45. The number of benzene rings is 1. The van der Waals surface area contributed by atoms with Crippen LogP contribution < -0.4 is 4.74 Å². The van der Waals surface area contributed by atoms with Crippen LogP contribution in [0, 0.1) is 6.92 Å². The number of hydrogen-bond acceptors (Lipinski definition) is 5. The molecule has 21 heavy (non-hydrogen) atoms. The van der Waals surface area contributed by atoms with E-state index in [-0.39, 0.29) is 0 Å². The molecule has 1 aromatic heterocycles. The summed E-state index contributed by atoms with van der Waals surface area (Å²) in [6.07, 6.45) is -7.34. The summed E-state index contributed by atoms with van der Waals surface area (Å²) in [5.41, 5.74) is 0.606. The summed E-state index contributed by atoms with van der Waals surface area (Å²) in [7, 11) is 0. The van der Waals surface area contributed by atoms with Gasteiger partial charge in [0.1, 0.15) is 12.4 Å². The normalized spacial score (nSPS) is 13.2. The number of rotatable bonds is 5. The summed E-state index contributed by atoms with van der Waals surface area (Å²) in [6.45, 7) is 1.19. The fraction of sp³-hybridized carbons (Fsp3) is 0.385. The van der Waals surface area contributed by atoms with Gasteiger partial charge >= 0.3 is 6.18 Å². The Kier molecular flexibility index (Phi) is 4.46. The van der Waals surface area contributed by atoms with Crippen LogP contribution in [0.3, 0.4) is 0 Å². The van der Waals surface area contributed by atoms with Crippen LogP contribution in [0.4, 0.5) is 13.2 Å². The molecule has 1 aromatic carbocycles. The fourth-order valence-electron chi connectivity index (χ4n) is 1.66. The molecule has 0 aliphatic heterocycles. The van der Waals surface area contributed by atoms with E-state index in [4.69, 9.17) is 9.26 Å². The molecule has 0 saturated carbocycles. The fourth-order valence-corrected chi connectivity index (χ4v) is 1.66. The van der Waals surface area contributed by atoms with Crippen molar-refractivity contribution in [3.8, 4) is 17.1 Å². The molecule has 0 aliphatic carbocycles. The van der Waals surface area contributed by atoms with E-state index in [1.54, 1.807) is 31.2 Å². The van der Waals surface area contributed by atoms with Crippen molar-refractivity contribution in [1.29, 1.82) is 0 Å². The van der Waals surface area contributed by atoms with E-state index in [1.807, 2.05) is 0 Å². The predicted octanol–water partition coefficient (Wildman–Crippen LogP) is 2.74. The Morgan fingerprint density at radius 1 is 1.38 bits per heavy atom. The standard InChI is InChI=1S/C13H13F3N2O3/c1-8-17-12(18-21-8)9-3-2-4-11(5-9)20-7-10(19)6-13(14,15)16/h2-5,10,19H,6-7H2,1H3/t10-/m1/s1. The van der Waals surface area contributed by atoms with Crippen molar-refractivity contribution >= 4 is 0 Å². The molecule has 1 atom stereocenters. The zero-order valence-electron chi connectivity index (χ0n) is 11.1. The zero-order valence-corrected chi connectivity index (χ0v) is 11.1. The first-order chi connectivity index (χ1) is 9.83. The third-order valence-electron chi connectivity index (χ3n) is 2.53. The Balaban J connectivity index is 1.98. The third kappa shape index (κ3) is 4.75. The van der Waals surface area contributed by atoms with Gasteiger partial charge in [-0.05, 0) is 12.1 Å². The van der Waals surface area contributed by atoms with Gasteiger partial charge in [-0.2, -0.15) is 18.2 Å². The number of nitrogens with zero attached hydrogens (tertiary/aromatic N) is 2. The molecule has 0 unspecified atom stereocenters. The maximum Gasteiger partial charge on any atom is 0.391 e. The molecular weight excluding hydrogens is 289 g/mol. The third-order valence-corrected chi connectivity index (χ3v) is 2.53. The van der Waals surface area contributed by atoms with Crippen LogP contribution >= 0.6 is 0 Å². The van der Waals surface area contributed by atoms with Gasteiger partial charge in [0, 0.05) is 12.5 Å². The molecular formula is C13H13F3N2O3. The number of aliphatic hydroxyl groups is 1. The largest absolute Gasteiger partial charge is 0.491 e. The highest BCUT2D eigenvalue weighted by molar-refractivity contribution is 5.56. The zero-order chi connectivity index (χ0) is 15.5. The minimum Gasteiger partial charge on any atom is -0.491 e. The summed E-state index contributed by atoms with van der Waals surface area (Å²) in [6, 6.07) is 6.48. The molecule has 0 saturated heterocycles. The molecule has 0 fully saturated rings. The molecule has 0 spiro atoms. The van der Waals surface area contributed by atoms with Crippen molar-refractivity contribution in [3.05, 3.63) is 30.2 Å². The van der Waals surface area contributed by atoms with Crippen molar-refractivity contribution in [3.63, 3.8) is 0 Å². The SMILES string of the molecule is Cc1nc(-c2cccc(OC[C@H](O)CC(F)(F)F)c2)no1. The van der Waals surface area contributed by atoms with Crippen LogP contribution in [0.15, 0.2) is 28.8 Å². The first-order valence-electron chi connectivity index (χ1n) is 6.12. The molecule has 8 heteroatoms. The highest BCUT2D eigenvalue weighted by Crippen LogP contribution is 2.24. The summed E-state index contributed by atoms with van der Waals surface area (Å²) in [5.74, 6) is 1.07. The van der Waals surface area contributed by atoms with Crippen LogP contribution in [0.1, 0.15) is 12.3 Å². The Morgan fingerprint density at radius 3 is 2.76 bits per heavy atom. The highest BCUT2D eigenvalue weighted by atomic mass is 19.4. The maximum atomic E-state index is 12.1. The van der Waals surface area contributed by atoms with Gasteiger partial charge in [0.15, 0.2) is 0 Å². The van der Waals surface area contributed by atoms with E-state index in [9.17, 15) is 18.3 Å². The van der Waals surface area contributed by atoms with Crippen LogP contribution in [-0.2, 0) is 0 Å². The second-order valence-electron chi connectivity index (χ2n) is 4.45. The monoisotopic (exact) mass is 302 g/mol. The Morgan fingerprint density at radius 2 is 2.14 bits per heavy atom. The van der Waals surface area contributed by atoms with Crippen LogP contribution in [0.2, 0.25) is 0 Å². The number of ether oxygens (including phenoxy) is 1. The highest BCUT2D eigenvalue weighted by Gasteiger charge is 2.31. The van der Waals surface area contributed by atoms with E-state index in [2.05, 4.69) is 10.1 Å². The quantitative estimate of drug-likeness (QED) is 0.919. The lowest BCUT2D eigenvalue weighted by Crippen LogP contribution is -2.25. The van der Waals surface area contributed by atoms with Gasteiger partial charge in [0.25, 0.3) is 0 Å². The summed E-state index contributed by atoms with van der Waals surface area (Å²) < 4.78 is 46.2. The Hall–Kier alpha value is -2.09. The molecule has 114 valence electrons. The lowest BCUT2D eigenvalue weighted by molar-refractivity contribution is -0.156. The molecule has 1 heterocycles. The van der Waals surface area contributed by atoms with E-state index in [0.717, 1.165) is 0 Å². The van der Waals surface area contributed by atoms with Crippen LogP contribution in [0.25, 0.3) is 11.4 Å². The molecule has 1 N–H and O–H groups in total. The average Bonchev–Trinajstić information content (AvgIpc) is 2.82. The van der Waals surface area contributed by atoms with Gasteiger partial charge in [0.2, 0.25) is 11.7 Å². The topological polar surface area (TPSA) is 68.4 Å². The van der Waals surface area contributed by atoms with E-state index < -0.39 is 25.3 Å². The van der Waals surface area contributed by atoms with E-state index in [0.29, 0.717) is 23.0 Å². The summed E-state index contributed by atoms with van der Waals surface area (Å²) >= 11 is 0. The number of aromatic nitrogens is 2. The lowest BCUT2D eigenvalue weighted by atomic mass is 10.2. The molecule has 5 nitrogen and oxygen atoms in total. The number of halogens is 3. The van der Waals surface area contributed by atoms with E-state index >= 15 is 0 Å². The molecule has 0 amide bonds. The van der Waals surface area contributed by atoms with Crippen molar-refractivity contribution in [2.75, 3.05) is 6.61 Å². The van der Waals surface area contributed by atoms with Gasteiger partial charge in [-0.1, -0.05) is 17.3 Å². The molecule has 2 aromatic rings. The van der Waals surface area contributed by atoms with Crippen molar-refractivity contribution in [2.45, 2.75) is 25.6 Å². The smallest absolute Gasteiger partial charge is 0.391 e. The minimum atomic E-state index is -4.42. The molecule has 2 rings (SSSR count). The lowest BCUT2D eigenvalue weighted by Gasteiger charge is -2.14. The number of aliphatic hydroxyl groups excluding tert-OH is 1. The minimum absolute atomic E-state index is 0.316. The number of hydrogen-bond donors (Lipinski definition) is 1. The van der Waals surface area contributed by atoms with Gasteiger partial charge in [-0.3, -0.25) is 0 Å². The predicted molar refractivity (Wildman–Crippen MR) is 66.6 cm³/mol. The van der Waals surface area contributed by atoms with Crippen LogP contribution in [-0.4, -0.2) is 34.1 Å².